The van der Waals surface area contributed by atoms with Crippen molar-refractivity contribution in [3.8, 4) is 0 Å². The van der Waals surface area contributed by atoms with Crippen LogP contribution in [0.3, 0.4) is 0 Å². The summed E-state index contributed by atoms with van der Waals surface area (Å²) in [4.78, 5) is 31.9. The molecule has 1 amide bonds. The fourth-order valence-corrected chi connectivity index (χ4v) is 5.44. The van der Waals surface area contributed by atoms with E-state index in [1.807, 2.05) is 30.3 Å². The summed E-state index contributed by atoms with van der Waals surface area (Å²) in [6, 6.07) is 19.8. The van der Waals surface area contributed by atoms with Gasteiger partial charge in [-0.05, 0) is 54.7 Å². The highest BCUT2D eigenvalue weighted by molar-refractivity contribution is 6.13. The van der Waals surface area contributed by atoms with Gasteiger partial charge < -0.3 is 5.32 Å². The van der Waals surface area contributed by atoms with E-state index in [1.165, 1.54) is 42.5 Å². The number of nitrogens with one attached hydrogen (secondary N) is 1. The van der Waals surface area contributed by atoms with Crippen LogP contribution in [0, 0.1) is 11.7 Å². The van der Waals surface area contributed by atoms with Gasteiger partial charge in [-0.1, -0.05) is 54.6 Å². The Morgan fingerprint density at radius 1 is 0.895 bits per heavy atom. The second kappa shape index (κ2) is 10.0. The van der Waals surface area contributed by atoms with Gasteiger partial charge in [0.15, 0.2) is 5.78 Å². The summed E-state index contributed by atoms with van der Waals surface area (Å²) in [7, 11) is 0. The van der Waals surface area contributed by atoms with E-state index >= 15 is 0 Å². The summed E-state index contributed by atoms with van der Waals surface area (Å²) in [5.74, 6) is -3.34. The highest BCUT2D eigenvalue weighted by atomic mass is 19.4. The largest absolute Gasteiger partial charge is 0.418 e. The highest BCUT2D eigenvalue weighted by Crippen LogP contribution is 2.47. The SMILES string of the molecule is CC1=NC2=C(C(=O)C[C@H](c3ccccc3)C2)[C@@H](c2ccc(F)cc2)C1C(=O)Nc1ccccc1C(F)(F)F. The number of amides is 1. The Morgan fingerprint density at radius 2 is 1.55 bits per heavy atom. The molecule has 1 aliphatic heterocycles. The number of rotatable bonds is 4. The standard InChI is InChI=1S/C30H24F4N2O2/c1-17-26(29(38)36-23-10-6-5-9-22(23)30(32,33)34)27(19-11-13-21(31)14-12-19)28-24(35-17)15-20(16-25(28)37)18-7-3-2-4-8-18/h2-14,20,26-27H,15-16H2,1H3,(H,36,38)/t20-,26?,27+/m1/s1. The van der Waals surface area contributed by atoms with Gasteiger partial charge in [0, 0.05) is 29.3 Å². The molecule has 1 N–H and O–H groups in total. The van der Waals surface area contributed by atoms with Gasteiger partial charge in [-0.25, -0.2) is 4.39 Å². The first-order chi connectivity index (χ1) is 18.1. The number of anilines is 1. The van der Waals surface area contributed by atoms with Gasteiger partial charge in [0.25, 0.3) is 0 Å². The zero-order chi connectivity index (χ0) is 27.0. The summed E-state index contributed by atoms with van der Waals surface area (Å²) in [5.41, 5.74) is 1.46. The van der Waals surface area contributed by atoms with E-state index in [0.717, 1.165) is 11.6 Å². The number of halogens is 4. The number of ketones is 1. The first-order valence-electron chi connectivity index (χ1n) is 12.2. The van der Waals surface area contributed by atoms with E-state index in [-0.39, 0.29) is 23.8 Å². The molecule has 0 bridgehead atoms. The van der Waals surface area contributed by atoms with Crippen molar-refractivity contribution < 1.29 is 27.2 Å². The van der Waals surface area contributed by atoms with Crippen LogP contribution in [0.5, 0.6) is 0 Å². The molecule has 0 radical (unpaired) electrons. The maximum atomic E-state index is 13.8. The number of alkyl halides is 3. The molecule has 5 rings (SSSR count). The highest BCUT2D eigenvalue weighted by Gasteiger charge is 2.44. The number of hydrogen-bond donors (Lipinski definition) is 1. The lowest BCUT2D eigenvalue weighted by atomic mass is 9.69. The molecule has 194 valence electrons. The third kappa shape index (κ3) is 4.90. The van der Waals surface area contributed by atoms with Gasteiger partial charge in [0.2, 0.25) is 5.91 Å². The van der Waals surface area contributed by atoms with Crippen molar-refractivity contribution in [1.29, 1.82) is 0 Å². The number of carbonyl (C=O) groups excluding carboxylic acids is 2. The van der Waals surface area contributed by atoms with Crippen molar-refractivity contribution in [1.82, 2.24) is 0 Å². The van der Waals surface area contributed by atoms with Crippen LogP contribution in [-0.2, 0) is 15.8 Å². The van der Waals surface area contributed by atoms with E-state index in [0.29, 0.717) is 29.0 Å². The van der Waals surface area contributed by atoms with Crippen LogP contribution in [-0.4, -0.2) is 17.4 Å². The number of carbonyl (C=O) groups is 2. The Balaban J connectivity index is 1.56. The summed E-state index contributed by atoms with van der Waals surface area (Å²) >= 11 is 0. The zero-order valence-electron chi connectivity index (χ0n) is 20.4. The van der Waals surface area contributed by atoms with Crippen molar-refractivity contribution in [3.63, 3.8) is 0 Å². The number of aliphatic imine (C=N–C) groups is 1. The van der Waals surface area contributed by atoms with E-state index in [9.17, 15) is 27.2 Å². The molecule has 1 aliphatic carbocycles. The number of hydrogen-bond acceptors (Lipinski definition) is 3. The number of allylic oxidation sites excluding steroid dienone is 2. The predicted octanol–water partition coefficient (Wildman–Crippen LogP) is 7.06. The normalized spacial score (nSPS) is 21.6. The number of Topliss-reactive ketones (excluding diaryl/α,β-unsaturated/α-hetero) is 1. The Labute approximate surface area is 217 Å². The summed E-state index contributed by atoms with van der Waals surface area (Å²) in [6.07, 6.45) is -3.98. The van der Waals surface area contributed by atoms with Crippen LogP contribution >= 0.6 is 0 Å². The van der Waals surface area contributed by atoms with Gasteiger partial charge in [-0.3, -0.25) is 14.6 Å². The minimum absolute atomic E-state index is 0.0862. The van der Waals surface area contributed by atoms with Gasteiger partial charge in [0.1, 0.15) is 5.82 Å². The van der Waals surface area contributed by atoms with Crippen LogP contribution in [0.2, 0.25) is 0 Å². The first-order valence-corrected chi connectivity index (χ1v) is 12.2. The number of para-hydroxylation sites is 1. The van der Waals surface area contributed by atoms with E-state index < -0.39 is 35.3 Å². The molecule has 0 fully saturated rings. The molecule has 0 saturated heterocycles. The molecule has 3 aromatic rings. The fraction of sp³-hybridized carbons (Fsp3) is 0.233. The minimum Gasteiger partial charge on any atom is -0.325 e. The number of benzene rings is 3. The molecular weight excluding hydrogens is 496 g/mol. The molecule has 3 aromatic carbocycles. The van der Waals surface area contributed by atoms with Crippen LogP contribution in [0.25, 0.3) is 0 Å². The van der Waals surface area contributed by atoms with Crippen molar-refractivity contribution in [3.05, 3.63) is 113 Å². The van der Waals surface area contributed by atoms with Crippen LogP contribution in [0.15, 0.2) is 95.1 Å². The summed E-state index contributed by atoms with van der Waals surface area (Å²) in [6.45, 7) is 1.64. The van der Waals surface area contributed by atoms with Gasteiger partial charge in [-0.2, -0.15) is 13.2 Å². The predicted molar refractivity (Wildman–Crippen MR) is 136 cm³/mol. The Bertz CT molecular complexity index is 1440. The Hall–Kier alpha value is -4.07. The van der Waals surface area contributed by atoms with E-state index in [4.69, 9.17) is 0 Å². The first kappa shape index (κ1) is 25.6. The van der Waals surface area contributed by atoms with Crippen molar-refractivity contribution in [2.24, 2.45) is 10.9 Å². The molecular formula is C30H24F4N2O2. The molecule has 4 nitrogen and oxygen atoms in total. The molecule has 2 aliphatic rings. The molecule has 1 unspecified atom stereocenters. The van der Waals surface area contributed by atoms with Crippen molar-refractivity contribution in [2.45, 2.75) is 37.8 Å². The Morgan fingerprint density at radius 3 is 2.24 bits per heavy atom. The maximum absolute atomic E-state index is 13.8. The molecule has 0 spiro atoms. The quantitative estimate of drug-likeness (QED) is 0.375. The maximum Gasteiger partial charge on any atom is 0.418 e. The fourth-order valence-electron chi connectivity index (χ4n) is 5.44. The lowest BCUT2D eigenvalue weighted by Gasteiger charge is -2.37. The van der Waals surface area contributed by atoms with Crippen LogP contribution in [0.4, 0.5) is 23.2 Å². The van der Waals surface area contributed by atoms with E-state index in [2.05, 4.69) is 10.3 Å². The Kier molecular flexibility index (Phi) is 6.73. The average molecular weight is 521 g/mol. The zero-order valence-corrected chi connectivity index (χ0v) is 20.4. The van der Waals surface area contributed by atoms with Crippen LogP contribution in [0.1, 0.15) is 48.3 Å². The van der Waals surface area contributed by atoms with Gasteiger partial charge in [-0.15, -0.1) is 0 Å². The van der Waals surface area contributed by atoms with Gasteiger partial charge in [0.05, 0.1) is 17.2 Å². The number of nitrogens with zero attached hydrogens (tertiary/aromatic N) is 1. The molecule has 0 saturated carbocycles. The van der Waals surface area contributed by atoms with Crippen LogP contribution < -0.4 is 5.32 Å². The second-order valence-electron chi connectivity index (χ2n) is 9.59. The van der Waals surface area contributed by atoms with Crippen molar-refractivity contribution in [2.75, 3.05) is 5.32 Å². The molecule has 8 heteroatoms. The van der Waals surface area contributed by atoms with Gasteiger partial charge >= 0.3 is 6.18 Å². The summed E-state index contributed by atoms with van der Waals surface area (Å²) < 4.78 is 54.5. The lowest BCUT2D eigenvalue weighted by Crippen LogP contribution is -2.40. The molecule has 38 heavy (non-hydrogen) atoms. The monoisotopic (exact) mass is 520 g/mol. The van der Waals surface area contributed by atoms with Crippen molar-refractivity contribution >= 4 is 23.1 Å². The summed E-state index contributed by atoms with van der Waals surface area (Å²) in [5, 5.41) is 2.43. The molecule has 0 aromatic heterocycles. The smallest absolute Gasteiger partial charge is 0.325 e. The second-order valence-corrected chi connectivity index (χ2v) is 9.59. The topological polar surface area (TPSA) is 58.5 Å². The van der Waals surface area contributed by atoms with E-state index in [1.54, 1.807) is 6.92 Å². The minimum atomic E-state index is -4.67. The third-order valence-corrected chi connectivity index (χ3v) is 7.16. The molecule has 3 atom stereocenters. The molecule has 1 heterocycles. The lowest BCUT2D eigenvalue weighted by molar-refractivity contribution is -0.137. The average Bonchev–Trinajstić information content (AvgIpc) is 2.88. The third-order valence-electron chi connectivity index (χ3n) is 7.16.